The average molecular weight is 363 g/mol. The molecule has 0 radical (unpaired) electrons. The third kappa shape index (κ3) is 5.53. The van der Waals surface area contributed by atoms with Crippen LogP contribution in [-0.2, 0) is 11.2 Å². The van der Waals surface area contributed by atoms with E-state index < -0.39 is 0 Å². The number of rotatable bonds is 8. The zero-order valence-corrected chi connectivity index (χ0v) is 13.9. The predicted molar refractivity (Wildman–Crippen MR) is 90.7 cm³/mol. The van der Waals surface area contributed by atoms with E-state index in [0.29, 0.717) is 30.9 Å². The molecule has 0 spiro atoms. The topological polar surface area (TPSA) is 35.5 Å². The summed E-state index contributed by atoms with van der Waals surface area (Å²) in [4.78, 5) is 12.0. The summed E-state index contributed by atoms with van der Waals surface area (Å²) < 4.78 is 11.1. The maximum atomic E-state index is 12.0. The van der Waals surface area contributed by atoms with Crippen molar-refractivity contribution in [3.05, 3.63) is 60.2 Å². The van der Waals surface area contributed by atoms with E-state index in [2.05, 4.69) is 15.9 Å². The van der Waals surface area contributed by atoms with E-state index in [4.69, 9.17) is 9.47 Å². The number of aryl methyl sites for hydroxylation is 1. The molecule has 2 aromatic rings. The van der Waals surface area contributed by atoms with Gasteiger partial charge in [-0.25, -0.2) is 0 Å². The third-order valence-corrected chi connectivity index (χ3v) is 3.63. The average Bonchev–Trinajstić information content (AvgIpc) is 2.56. The van der Waals surface area contributed by atoms with Crippen molar-refractivity contribution in [1.82, 2.24) is 0 Å². The van der Waals surface area contributed by atoms with Crippen molar-refractivity contribution in [2.75, 3.05) is 11.9 Å². The van der Waals surface area contributed by atoms with Gasteiger partial charge in [0.05, 0.1) is 6.61 Å². The fourth-order valence-electron chi connectivity index (χ4n) is 1.96. The molecule has 4 heteroatoms. The largest absolute Gasteiger partial charge is 0.490 e. The van der Waals surface area contributed by atoms with Crippen molar-refractivity contribution in [2.45, 2.75) is 19.3 Å². The number of benzene rings is 2. The Hall–Kier alpha value is -1.81. The van der Waals surface area contributed by atoms with Gasteiger partial charge >= 0.3 is 5.97 Å². The third-order valence-electron chi connectivity index (χ3n) is 3.07. The quantitative estimate of drug-likeness (QED) is 0.302. The molecule has 0 saturated carbocycles. The monoisotopic (exact) mass is 362 g/mol. The zero-order chi connectivity index (χ0) is 15.6. The first-order chi connectivity index (χ1) is 10.8. The molecule has 0 unspecified atom stereocenters. The smallest absolute Gasteiger partial charge is 0.311 e. The van der Waals surface area contributed by atoms with Gasteiger partial charge in [0.2, 0.25) is 0 Å². The lowest BCUT2D eigenvalue weighted by atomic mass is 10.1. The fourth-order valence-corrected chi connectivity index (χ4v) is 2.18. The van der Waals surface area contributed by atoms with Gasteiger partial charge in [-0.15, -0.1) is 0 Å². The summed E-state index contributed by atoms with van der Waals surface area (Å²) in [5.74, 6) is 0.840. The van der Waals surface area contributed by atoms with E-state index >= 15 is 0 Å². The standard InChI is InChI=1S/C18H19BrO3/c19-13-6-14-21-16-9-4-5-10-17(16)22-18(20)12-11-15-7-2-1-3-8-15/h1-5,7-10H,6,11-14H2. The van der Waals surface area contributed by atoms with Crippen LogP contribution in [0.1, 0.15) is 18.4 Å². The van der Waals surface area contributed by atoms with Crippen LogP contribution in [-0.4, -0.2) is 17.9 Å². The molecule has 0 heterocycles. The van der Waals surface area contributed by atoms with Gasteiger partial charge in [0, 0.05) is 11.8 Å². The van der Waals surface area contributed by atoms with Gasteiger partial charge in [-0.2, -0.15) is 0 Å². The Labute approximate surface area is 139 Å². The minimum Gasteiger partial charge on any atom is -0.490 e. The van der Waals surface area contributed by atoms with Crippen molar-refractivity contribution in [3.8, 4) is 11.5 Å². The molecule has 0 fully saturated rings. The first kappa shape index (κ1) is 16.6. The summed E-state index contributed by atoms with van der Waals surface area (Å²) >= 11 is 3.36. The van der Waals surface area contributed by atoms with Crippen molar-refractivity contribution in [2.24, 2.45) is 0 Å². The maximum absolute atomic E-state index is 12.0. The molecule has 0 bridgehead atoms. The Morgan fingerprint density at radius 3 is 2.36 bits per heavy atom. The van der Waals surface area contributed by atoms with Gasteiger partial charge in [-0.05, 0) is 30.5 Å². The van der Waals surface area contributed by atoms with Crippen LogP contribution in [0.4, 0.5) is 0 Å². The van der Waals surface area contributed by atoms with Crippen LogP contribution < -0.4 is 9.47 Å². The molecule has 0 aliphatic rings. The predicted octanol–water partition coefficient (Wildman–Crippen LogP) is 4.39. The number of halogens is 1. The minimum absolute atomic E-state index is 0.250. The molecule has 3 nitrogen and oxygen atoms in total. The lowest BCUT2D eigenvalue weighted by Crippen LogP contribution is -2.10. The van der Waals surface area contributed by atoms with Crippen molar-refractivity contribution >= 4 is 21.9 Å². The van der Waals surface area contributed by atoms with E-state index in [-0.39, 0.29) is 5.97 Å². The second-order valence-corrected chi connectivity index (χ2v) is 5.59. The van der Waals surface area contributed by atoms with Gasteiger partial charge in [-0.1, -0.05) is 58.4 Å². The molecule has 116 valence electrons. The number of carbonyl (C=O) groups is 1. The molecule has 0 atom stereocenters. The van der Waals surface area contributed by atoms with E-state index in [0.717, 1.165) is 17.3 Å². The molecule has 2 aromatic carbocycles. The van der Waals surface area contributed by atoms with Crippen LogP contribution in [0.25, 0.3) is 0 Å². The molecule has 0 aliphatic heterocycles. The molecule has 0 saturated heterocycles. The van der Waals surface area contributed by atoms with Crippen LogP contribution in [0.5, 0.6) is 11.5 Å². The first-order valence-electron chi connectivity index (χ1n) is 7.32. The second-order valence-electron chi connectivity index (χ2n) is 4.80. The van der Waals surface area contributed by atoms with Crippen LogP contribution in [0, 0.1) is 0 Å². The molecule has 0 aliphatic carbocycles. The highest BCUT2D eigenvalue weighted by Gasteiger charge is 2.10. The molecule has 22 heavy (non-hydrogen) atoms. The number of hydrogen-bond donors (Lipinski definition) is 0. The number of alkyl halides is 1. The van der Waals surface area contributed by atoms with E-state index in [1.54, 1.807) is 6.07 Å². The molecular formula is C18H19BrO3. The molecule has 0 amide bonds. The highest BCUT2D eigenvalue weighted by Crippen LogP contribution is 2.27. The van der Waals surface area contributed by atoms with Crippen LogP contribution in [0.15, 0.2) is 54.6 Å². The lowest BCUT2D eigenvalue weighted by Gasteiger charge is -2.11. The van der Waals surface area contributed by atoms with E-state index in [9.17, 15) is 4.79 Å². The van der Waals surface area contributed by atoms with Crippen LogP contribution in [0.3, 0.4) is 0 Å². The normalized spacial score (nSPS) is 10.2. The molecule has 0 aromatic heterocycles. The summed E-state index contributed by atoms with van der Waals surface area (Å²) in [6.07, 6.45) is 1.92. The highest BCUT2D eigenvalue weighted by atomic mass is 79.9. The molecule has 2 rings (SSSR count). The zero-order valence-electron chi connectivity index (χ0n) is 12.3. The highest BCUT2D eigenvalue weighted by molar-refractivity contribution is 9.09. The van der Waals surface area contributed by atoms with Crippen molar-refractivity contribution < 1.29 is 14.3 Å². The Bertz CT molecular complexity index is 584. The molecule has 0 N–H and O–H groups in total. The Morgan fingerprint density at radius 1 is 0.955 bits per heavy atom. The van der Waals surface area contributed by atoms with Crippen LogP contribution >= 0.6 is 15.9 Å². The van der Waals surface area contributed by atoms with Crippen LogP contribution in [0.2, 0.25) is 0 Å². The van der Waals surface area contributed by atoms with Crippen molar-refractivity contribution in [3.63, 3.8) is 0 Å². The number of hydrogen-bond acceptors (Lipinski definition) is 3. The van der Waals surface area contributed by atoms with Crippen molar-refractivity contribution in [1.29, 1.82) is 0 Å². The first-order valence-corrected chi connectivity index (χ1v) is 8.44. The number of carbonyl (C=O) groups excluding carboxylic acids is 1. The Balaban J connectivity index is 1.88. The Morgan fingerprint density at radius 2 is 1.64 bits per heavy atom. The van der Waals surface area contributed by atoms with E-state index in [1.165, 1.54) is 0 Å². The summed E-state index contributed by atoms with van der Waals surface area (Å²) in [6, 6.07) is 17.2. The summed E-state index contributed by atoms with van der Waals surface area (Å²) in [5, 5.41) is 0.881. The molecular weight excluding hydrogens is 344 g/mol. The van der Waals surface area contributed by atoms with Gasteiger partial charge in [-0.3, -0.25) is 4.79 Å². The maximum Gasteiger partial charge on any atom is 0.311 e. The lowest BCUT2D eigenvalue weighted by molar-refractivity contribution is -0.134. The SMILES string of the molecule is O=C(CCc1ccccc1)Oc1ccccc1OCCCBr. The summed E-state index contributed by atoms with van der Waals surface area (Å²) in [6.45, 7) is 0.587. The number of ether oxygens (including phenoxy) is 2. The summed E-state index contributed by atoms with van der Waals surface area (Å²) in [5.41, 5.74) is 1.13. The van der Waals surface area contributed by atoms with E-state index in [1.807, 2.05) is 48.5 Å². The number of para-hydroxylation sites is 2. The van der Waals surface area contributed by atoms with Gasteiger partial charge < -0.3 is 9.47 Å². The Kier molecular flexibility index (Phi) is 6.97. The fraction of sp³-hybridized carbons (Fsp3) is 0.278. The number of esters is 1. The summed E-state index contributed by atoms with van der Waals surface area (Å²) in [7, 11) is 0. The van der Waals surface area contributed by atoms with Gasteiger partial charge in [0.15, 0.2) is 11.5 Å². The van der Waals surface area contributed by atoms with Gasteiger partial charge in [0.1, 0.15) is 0 Å². The second kappa shape index (κ2) is 9.26. The van der Waals surface area contributed by atoms with Gasteiger partial charge in [0.25, 0.3) is 0 Å². The minimum atomic E-state index is -0.250.